The lowest BCUT2D eigenvalue weighted by Gasteiger charge is -2.27. The molecule has 3 heteroatoms. The van der Waals surface area contributed by atoms with Crippen molar-refractivity contribution in [2.24, 2.45) is 0 Å². The molecule has 12 aromatic rings. The van der Waals surface area contributed by atoms with Crippen LogP contribution in [0.25, 0.3) is 93.9 Å². The van der Waals surface area contributed by atoms with E-state index in [1.54, 1.807) is 0 Å². The number of nitrogens with zero attached hydrogens (tertiary/aromatic N) is 2. The SMILES string of the molecule is c1ccc(-c2ccccc2-c2cccc(N(c3ccc(-c4ccccc4-n4c5ccccc5c5ccccc54)cc3)c3ccc(-c4cccc5oc6ccccc6c45)cc3)c2)cc1. The fraction of sp³-hybridized carbons (Fsp3) is 0. The van der Waals surface area contributed by atoms with Gasteiger partial charge in [0.25, 0.3) is 0 Å². The third-order valence-corrected chi connectivity index (χ3v) is 12.4. The Morgan fingerprint density at radius 2 is 0.778 bits per heavy atom. The smallest absolute Gasteiger partial charge is 0.136 e. The Balaban J connectivity index is 0.984. The van der Waals surface area contributed by atoms with Crippen LogP contribution in [0.15, 0.2) is 247 Å². The molecule has 296 valence electrons. The largest absolute Gasteiger partial charge is 0.456 e. The molecular formula is C60H40N2O. The molecule has 0 radical (unpaired) electrons. The van der Waals surface area contributed by atoms with Gasteiger partial charge in [0.05, 0.1) is 16.7 Å². The minimum absolute atomic E-state index is 0.895. The molecular weight excluding hydrogens is 765 g/mol. The standard InChI is InChI=1S/C60H40N2O/c1-2-16-41(17-3-1)48-20-4-5-21-49(48)44-18-14-19-47(40-44)61(46-38-34-43(35-39-46)51-26-15-31-59-60(51)54-25-9-13-30-58(54)63-59)45-36-32-42(33-37-45)50-22-6-10-27-55(50)62-56-28-11-7-23-52(56)53-24-8-12-29-57(53)62/h1-40H. The molecule has 10 aromatic carbocycles. The van der Waals surface area contributed by atoms with Crippen LogP contribution < -0.4 is 4.90 Å². The summed E-state index contributed by atoms with van der Waals surface area (Å²) >= 11 is 0. The van der Waals surface area contributed by atoms with Crippen molar-refractivity contribution in [3.05, 3.63) is 243 Å². The lowest BCUT2D eigenvalue weighted by Crippen LogP contribution is -2.10. The van der Waals surface area contributed by atoms with Crippen LogP contribution in [0, 0.1) is 0 Å². The number of para-hydroxylation sites is 4. The van der Waals surface area contributed by atoms with E-state index < -0.39 is 0 Å². The van der Waals surface area contributed by atoms with Crippen LogP contribution in [0.4, 0.5) is 17.1 Å². The Bertz CT molecular complexity index is 3560. The zero-order valence-corrected chi connectivity index (χ0v) is 34.4. The molecule has 63 heavy (non-hydrogen) atoms. The lowest BCUT2D eigenvalue weighted by atomic mass is 9.94. The topological polar surface area (TPSA) is 21.3 Å². The second kappa shape index (κ2) is 15.3. The zero-order chi connectivity index (χ0) is 41.7. The van der Waals surface area contributed by atoms with Crippen LogP contribution in [-0.4, -0.2) is 4.57 Å². The summed E-state index contributed by atoms with van der Waals surface area (Å²) < 4.78 is 8.68. The fourth-order valence-corrected chi connectivity index (χ4v) is 9.55. The van der Waals surface area contributed by atoms with Gasteiger partial charge in [-0.2, -0.15) is 0 Å². The molecule has 0 N–H and O–H groups in total. The molecule has 0 fully saturated rings. The molecule has 0 saturated carbocycles. The van der Waals surface area contributed by atoms with Crippen molar-refractivity contribution in [1.82, 2.24) is 4.57 Å². The van der Waals surface area contributed by atoms with Crippen LogP contribution in [0.3, 0.4) is 0 Å². The maximum absolute atomic E-state index is 6.27. The summed E-state index contributed by atoms with van der Waals surface area (Å²) in [6.07, 6.45) is 0. The monoisotopic (exact) mass is 804 g/mol. The van der Waals surface area contributed by atoms with Crippen molar-refractivity contribution in [2.45, 2.75) is 0 Å². The van der Waals surface area contributed by atoms with Crippen molar-refractivity contribution in [3.63, 3.8) is 0 Å². The zero-order valence-electron chi connectivity index (χ0n) is 34.4. The first-order chi connectivity index (χ1) is 31.3. The normalized spacial score (nSPS) is 11.5. The lowest BCUT2D eigenvalue weighted by molar-refractivity contribution is 0.669. The number of aromatic nitrogens is 1. The molecule has 0 aliphatic heterocycles. The maximum atomic E-state index is 6.27. The van der Waals surface area contributed by atoms with Gasteiger partial charge in [-0.25, -0.2) is 0 Å². The first-order valence-electron chi connectivity index (χ1n) is 21.5. The van der Waals surface area contributed by atoms with E-state index >= 15 is 0 Å². The summed E-state index contributed by atoms with van der Waals surface area (Å²) in [6, 6.07) is 87.1. The number of furan rings is 1. The van der Waals surface area contributed by atoms with Gasteiger partial charge in [0.1, 0.15) is 11.2 Å². The minimum atomic E-state index is 0.895. The molecule has 0 bridgehead atoms. The van der Waals surface area contributed by atoms with Gasteiger partial charge in [0.15, 0.2) is 0 Å². The molecule has 0 amide bonds. The Labute approximate surface area is 366 Å². The third-order valence-electron chi connectivity index (χ3n) is 12.4. The highest BCUT2D eigenvalue weighted by atomic mass is 16.3. The average Bonchev–Trinajstić information content (AvgIpc) is 3.91. The van der Waals surface area contributed by atoms with Crippen LogP contribution >= 0.6 is 0 Å². The maximum Gasteiger partial charge on any atom is 0.136 e. The summed E-state index contributed by atoms with van der Waals surface area (Å²) in [7, 11) is 0. The fourth-order valence-electron chi connectivity index (χ4n) is 9.55. The molecule has 3 nitrogen and oxygen atoms in total. The Morgan fingerprint density at radius 1 is 0.302 bits per heavy atom. The van der Waals surface area contributed by atoms with Crippen molar-refractivity contribution in [2.75, 3.05) is 4.90 Å². The number of rotatable bonds is 8. The number of fused-ring (bicyclic) bond motifs is 6. The highest BCUT2D eigenvalue weighted by Crippen LogP contribution is 2.43. The van der Waals surface area contributed by atoms with Gasteiger partial charge in [-0.1, -0.05) is 176 Å². The minimum Gasteiger partial charge on any atom is -0.456 e. The summed E-state index contributed by atoms with van der Waals surface area (Å²) in [6.45, 7) is 0. The van der Waals surface area contributed by atoms with Crippen LogP contribution in [0.2, 0.25) is 0 Å². The van der Waals surface area contributed by atoms with Crippen LogP contribution in [0.5, 0.6) is 0 Å². The average molecular weight is 805 g/mol. The van der Waals surface area contributed by atoms with Crippen molar-refractivity contribution in [3.8, 4) is 50.2 Å². The van der Waals surface area contributed by atoms with Gasteiger partial charge < -0.3 is 13.9 Å². The van der Waals surface area contributed by atoms with Crippen LogP contribution in [0.1, 0.15) is 0 Å². The van der Waals surface area contributed by atoms with Crippen molar-refractivity contribution in [1.29, 1.82) is 0 Å². The second-order valence-electron chi connectivity index (χ2n) is 16.1. The third kappa shape index (κ3) is 6.29. The highest BCUT2D eigenvalue weighted by Gasteiger charge is 2.19. The van der Waals surface area contributed by atoms with E-state index in [9.17, 15) is 0 Å². The molecule has 0 aliphatic carbocycles. The molecule has 2 heterocycles. The van der Waals surface area contributed by atoms with Gasteiger partial charge in [0, 0.05) is 44.2 Å². The second-order valence-corrected chi connectivity index (χ2v) is 16.1. The molecule has 0 unspecified atom stereocenters. The predicted molar refractivity (Wildman–Crippen MR) is 264 cm³/mol. The quantitative estimate of drug-likeness (QED) is 0.153. The van der Waals surface area contributed by atoms with E-state index in [1.807, 2.05) is 12.1 Å². The first kappa shape index (κ1) is 36.5. The van der Waals surface area contributed by atoms with Crippen LogP contribution in [-0.2, 0) is 0 Å². The van der Waals surface area contributed by atoms with E-state index in [1.165, 1.54) is 44.1 Å². The van der Waals surface area contributed by atoms with Crippen molar-refractivity contribution >= 4 is 60.8 Å². The summed E-state index contributed by atoms with van der Waals surface area (Å²) in [5.74, 6) is 0. The number of benzene rings is 10. The van der Waals surface area contributed by atoms with Gasteiger partial charge in [-0.3, -0.25) is 0 Å². The Kier molecular flexibility index (Phi) is 8.83. The number of hydrogen-bond donors (Lipinski definition) is 0. The summed E-state index contributed by atoms with van der Waals surface area (Å²) in [5.41, 5.74) is 17.9. The highest BCUT2D eigenvalue weighted by molar-refractivity contribution is 6.12. The van der Waals surface area contributed by atoms with E-state index in [0.29, 0.717) is 0 Å². The number of hydrogen-bond acceptors (Lipinski definition) is 2. The molecule has 12 rings (SSSR count). The van der Waals surface area contributed by atoms with E-state index in [4.69, 9.17) is 4.42 Å². The van der Waals surface area contributed by atoms with Gasteiger partial charge in [-0.15, -0.1) is 0 Å². The van der Waals surface area contributed by atoms with Gasteiger partial charge in [0.2, 0.25) is 0 Å². The van der Waals surface area contributed by atoms with Gasteiger partial charge >= 0.3 is 0 Å². The molecule has 0 atom stereocenters. The number of anilines is 3. The summed E-state index contributed by atoms with van der Waals surface area (Å²) in [4.78, 5) is 2.37. The van der Waals surface area contributed by atoms with E-state index in [2.05, 4.69) is 240 Å². The molecule has 2 aromatic heterocycles. The van der Waals surface area contributed by atoms with Crippen molar-refractivity contribution < 1.29 is 4.42 Å². The summed E-state index contributed by atoms with van der Waals surface area (Å²) in [5, 5.41) is 4.77. The molecule has 0 spiro atoms. The Morgan fingerprint density at radius 3 is 1.48 bits per heavy atom. The first-order valence-corrected chi connectivity index (χ1v) is 21.5. The predicted octanol–water partition coefficient (Wildman–Crippen LogP) is 16.8. The molecule has 0 saturated heterocycles. The van der Waals surface area contributed by atoms with Gasteiger partial charge in [-0.05, 0) is 106 Å². The van der Waals surface area contributed by atoms with E-state index in [0.717, 1.165) is 66.9 Å². The Hall–Kier alpha value is -8.40. The van der Waals surface area contributed by atoms with E-state index in [-0.39, 0.29) is 0 Å². The molecule has 0 aliphatic rings.